The van der Waals surface area contributed by atoms with Crippen LogP contribution in [0.15, 0.2) is 6.07 Å². The smallest absolute Gasteiger partial charge is 0.168 e. The number of hydrogen-bond donors (Lipinski definition) is 0. The lowest BCUT2D eigenvalue weighted by atomic mass is 9.93. The van der Waals surface area contributed by atoms with Crippen molar-refractivity contribution in [1.29, 1.82) is 0 Å². The van der Waals surface area contributed by atoms with Gasteiger partial charge in [-0.25, -0.2) is 0 Å². The van der Waals surface area contributed by atoms with E-state index in [1.54, 1.807) is 4.68 Å². The van der Waals surface area contributed by atoms with Crippen LogP contribution in [0.2, 0.25) is 0 Å². The highest BCUT2D eigenvalue weighted by Crippen LogP contribution is 2.26. The van der Waals surface area contributed by atoms with Crippen LogP contribution in [0, 0.1) is 0 Å². The molecule has 2 rings (SSSR count). The lowest BCUT2D eigenvalue weighted by molar-refractivity contribution is 0.111. The van der Waals surface area contributed by atoms with E-state index in [0.717, 1.165) is 44.5 Å². The first kappa shape index (κ1) is 11.3. The maximum absolute atomic E-state index is 10.8. The Kier molecular flexibility index (Phi) is 3.39. The molecule has 0 spiro atoms. The minimum Gasteiger partial charge on any atom is -0.304 e. The lowest BCUT2D eigenvalue weighted by Gasteiger charge is -2.30. The molecular weight excluding hydrogens is 202 g/mol. The SMILES string of the molecule is CCN1CCC(c2cc(C=O)n(C)n2)CC1. The van der Waals surface area contributed by atoms with E-state index in [9.17, 15) is 4.79 Å². The molecule has 88 valence electrons. The summed E-state index contributed by atoms with van der Waals surface area (Å²) in [6.07, 6.45) is 3.18. The fourth-order valence-electron chi connectivity index (χ4n) is 2.36. The van der Waals surface area contributed by atoms with E-state index in [4.69, 9.17) is 0 Å². The van der Waals surface area contributed by atoms with Crippen LogP contribution in [0.3, 0.4) is 0 Å². The van der Waals surface area contributed by atoms with Gasteiger partial charge < -0.3 is 4.90 Å². The molecule has 1 saturated heterocycles. The average molecular weight is 221 g/mol. The third-order valence-electron chi connectivity index (χ3n) is 3.51. The van der Waals surface area contributed by atoms with E-state index in [1.165, 1.54) is 0 Å². The van der Waals surface area contributed by atoms with Gasteiger partial charge in [-0.3, -0.25) is 9.48 Å². The molecule has 0 aromatic carbocycles. The standard InChI is InChI=1S/C12H19N3O/c1-3-15-6-4-10(5-7-15)12-8-11(9-16)14(2)13-12/h8-10H,3-7H2,1-2H3. The van der Waals surface area contributed by atoms with Crippen molar-refractivity contribution in [3.8, 4) is 0 Å². The van der Waals surface area contributed by atoms with Crippen molar-refractivity contribution in [2.75, 3.05) is 19.6 Å². The number of hydrogen-bond acceptors (Lipinski definition) is 3. The molecule has 1 aliphatic rings. The highest BCUT2D eigenvalue weighted by Gasteiger charge is 2.22. The molecule has 0 saturated carbocycles. The predicted octanol–water partition coefficient (Wildman–Crippen LogP) is 1.43. The first-order valence-electron chi connectivity index (χ1n) is 5.96. The monoisotopic (exact) mass is 221 g/mol. The van der Waals surface area contributed by atoms with Crippen molar-refractivity contribution in [2.24, 2.45) is 7.05 Å². The summed E-state index contributed by atoms with van der Waals surface area (Å²) in [7, 11) is 1.83. The van der Waals surface area contributed by atoms with Crippen molar-refractivity contribution < 1.29 is 4.79 Å². The normalized spacial score (nSPS) is 18.9. The van der Waals surface area contributed by atoms with Crippen LogP contribution in [0.1, 0.15) is 41.9 Å². The number of carbonyl (C=O) groups is 1. The first-order chi connectivity index (χ1) is 7.74. The van der Waals surface area contributed by atoms with Crippen molar-refractivity contribution in [3.05, 3.63) is 17.5 Å². The molecule has 2 heterocycles. The second kappa shape index (κ2) is 4.78. The van der Waals surface area contributed by atoms with Crippen LogP contribution in [0.5, 0.6) is 0 Å². The van der Waals surface area contributed by atoms with E-state index in [0.29, 0.717) is 11.6 Å². The number of likely N-dealkylation sites (tertiary alicyclic amines) is 1. The van der Waals surface area contributed by atoms with Crippen molar-refractivity contribution in [1.82, 2.24) is 14.7 Å². The number of aromatic nitrogens is 2. The molecule has 0 radical (unpaired) electrons. The summed E-state index contributed by atoms with van der Waals surface area (Å²) < 4.78 is 1.68. The lowest BCUT2D eigenvalue weighted by Crippen LogP contribution is -2.32. The molecule has 0 unspecified atom stereocenters. The summed E-state index contributed by atoms with van der Waals surface area (Å²) in [4.78, 5) is 13.2. The van der Waals surface area contributed by atoms with Gasteiger partial charge in [0.2, 0.25) is 0 Å². The molecule has 0 N–H and O–H groups in total. The molecule has 16 heavy (non-hydrogen) atoms. The van der Waals surface area contributed by atoms with Crippen LogP contribution >= 0.6 is 0 Å². The van der Waals surface area contributed by atoms with E-state index >= 15 is 0 Å². The van der Waals surface area contributed by atoms with Gasteiger partial charge in [-0.1, -0.05) is 6.92 Å². The zero-order valence-corrected chi connectivity index (χ0v) is 10.0. The Hall–Kier alpha value is -1.16. The minimum absolute atomic E-state index is 0.530. The van der Waals surface area contributed by atoms with E-state index in [2.05, 4.69) is 16.9 Å². The van der Waals surface area contributed by atoms with Gasteiger partial charge in [0.15, 0.2) is 6.29 Å². The Bertz CT molecular complexity index is 364. The van der Waals surface area contributed by atoms with Crippen LogP contribution in [0.4, 0.5) is 0 Å². The van der Waals surface area contributed by atoms with Gasteiger partial charge in [0, 0.05) is 13.0 Å². The maximum atomic E-state index is 10.8. The van der Waals surface area contributed by atoms with Gasteiger partial charge >= 0.3 is 0 Å². The van der Waals surface area contributed by atoms with Crippen molar-refractivity contribution >= 4 is 6.29 Å². The summed E-state index contributed by atoms with van der Waals surface area (Å²) in [5.41, 5.74) is 1.76. The second-order valence-electron chi connectivity index (χ2n) is 4.44. The number of aryl methyl sites for hydroxylation is 1. The number of piperidine rings is 1. The number of rotatable bonds is 3. The predicted molar refractivity (Wildman–Crippen MR) is 62.7 cm³/mol. The Morgan fingerprint density at radius 2 is 2.19 bits per heavy atom. The number of aldehydes is 1. The molecule has 1 aromatic heterocycles. The van der Waals surface area contributed by atoms with Crippen molar-refractivity contribution in [2.45, 2.75) is 25.7 Å². The highest BCUT2D eigenvalue weighted by atomic mass is 16.1. The van der Waals surface area contributed by atoms with Crippen LogP contribution < -0.4 is 0 Å². The van der Waals surface area contributed by atoms with E-state index < -0.39 is 0 Å². The second-order valence-corrected chi connectivity index (χ2v) is 4.44. The quantitative estimate of drug-likeness (QED) is 0.725. The third kappa shape index (κ3) is 2.16. The van der Waals surface area contributed by atoms with Gasteiger partial charge in [0.1, 0.15) is 5.69 Å². The van der Waals surface area contributed by atoms with Crippen LogP contribution in [0.25, 0.3) is 0 Å². The molecule has 1 aliphatic heterocycles. The van der Waals surface area contributed by atoms with Gasteiger partial charge in [-0.05, 0) is 38.5 Å². The molecule has 1 fully saturated rings. The van der Waals surface area contributed by atoms with E-state index in [1.807, 2.05) is 13.1 Å². The molecule has 1 aromatic rings. The molecule has 0 amide bonds. The van der Waals surface area contributed by atoms with Crippen LogP contribution in [-0.4, -0.2) is 40.6 Å². The molecule has 4 nitrogen and oxygen atoms in total. The number of carbonyl (C=O) groups excluding carboxylic acids is 1. The van der Waals surface area contributed by atoms with Crippen molar-refractivity contribution in [3.63, 3.8) is 0 Å². The minimum atomic E-state index is 0.530. The summed E-state index contributed by atoms with van der Waals surface area (Å²) in [6.45, 7) is 5.63. The third-order valence-corrected chi connectivity index (χ3v) is 3.51. The average Bonchev–Trinajstić information content (AvgIpc) is 2.71. The summed E-state index contributed by atoms with van der Waals surface area (Å²) in [6, 6.07) is 1.93. The first-order valence-corrected chi connectivity index (χ1v) is 5.96. The zero-order valence-electron chi connectivity index (χ0n) is 10.0. The Morgan fingerprint density at radius 3 is 2.69 bits per heavy atom. The zero-order chi connectivity index (χ0) is 11.5. The van der Waals surface area contributed by atoms with E-state index in [-0.39, 0.29) is 0 Å². The molecular formula is C12H19N3O. The largest absolute Gasteiger partial charge is 0.304 e. The summed E-state index contributed by atoms with van der Waals surface area (Å²) in [5.74, 6) is 0.530. The fraction of sp³-hybridized carbons (Fsp3) is 0.667. The molecule has 0 atom stereocenters. The fourth-order valence-corrected chi connectivity index (χ4v) is 2.36. The highest BCUT2D eigenvalue weighted by molar-refractivity contribution is 5.72. The van der Waals surface area contributed by atoms with Gasteiger partial charge in [-0.2, -0.15) is 5.10 Å². The Labute approximate surface area is 96.2 Å². The summed E-state index contributed by atoms with van der Waals surface area (Å²) in [5, 5.41) is 4.42. The summed E-state index contributed by atoms with van der Waals surface area (Å²) >= 11 is 0. The molecule has 4 heteroatoms. The van der Waals surface area contributed by atoms with Gasteiger partial charge in [0.05, 0.1) is 5.69 Å². The van der Waals surface area contributed by atoms with Gasteiger partial charge in [0.25, 0.3) is 0 Å². The molecule has 0 aliphatic carbocycles. The topological polar surface area (TPSA) is 38.1 Å². The molecule has 0 bridgehead atoms. The number of nitrogens with zero attached hydrogens (tertiary/aromatic N) is 3. The Balaban J connectivity index is 2.05. The van der Waals surface area contributed by atoms with Gasteiger partial charge in [-0.15, -0.1) is 0 Å². The van der Waals surface area contributed by atoms with Crippen LogP contribution in [-0.2, 0) is 7.05 Å². The maximum Gasteiger partial charge on any atom is 0.168 e. The Morgan fingerprint density at radius 1 is 1.50 bits per heavy atom.